The highest BCUT2D eigenvalue weighted by molar-refractivity contribution is 5.92. The summed E-state index contributed by atoms with van der Waals surface area (Å²) in [5.74, 6) is 0.205. The molecule has 1 amide bonds. The van der Waals surface area contributed by atoms with Crippen LogP contribution in [0.4, 0.5) is 5.82 Å². The van der Waals surface area contributed by atoms with Gasteiger partial charge in [0.15, 0.2) is 0 Å². The molecule has 1 aromatic heterocycles. The maximum atomic E-state index is 12.3. The number of hydrogen-bond donors (Lipinski definition) is 1. The lowest BCUT2D eigenvalue weighted by molar-refractivity contribution is 0.0711. The van der Waals surface area contributed by atoms with E-state index in [0.717, 1.165) is 12.8 Å². The van der Waals surface area contributed by atoms with Gasteiger partial charge in [-0.1, -0.05) is 25.7 Å². The minimum Gasteiger partial charge on any atom is -0.382 e. The molecule has 2 N–H and O–H groups in total. The zero-order valence-corrected chi connectivity index (χ0v) is 10.8. The number of anilines is 1. The normalized spacial score (nSPS) is 17.2. The second-order valence-electron chi connectivity index (χ2n) is 4.89. The highest BCUT2D eigenvalue weighted by Crippen LogP contribution is 2.22. The number of amides is 1. The van der Waals surface area contributed by atoms with Crippen molar-refractivity contribution in [1.82, 2.24) is 14.9 Å². The maximum absolute atomic E-state index is 12.3. The standard InChI is InChI=1S/C13H20N4O/c1-17(10-6-4-2-3-5-7-10)13(18)11-8-15-9-12(14)16-11/h8-10H,2-7H2,1H3,(H2,14,16). The van der Waals surface area contributed by atoms with E-state index in [2.05, 4.69) is 9.97 Å². The van der Waals surface area contributed by atoms with Gasteiger partial charge in [0.25, 0.3) is 5.91 Å². The van der Waals surface area contributed by atoms with E-state index in [1.807, 2.05) is 7.05 Å². The first-order valence-electron chi connectivity index (χ1n) is 6.53. The fourth-order valence-electron chi connectivity index (χ4n) is 2.48. The van der Waals surface area contributed by atoms with E-state index < -0.39 is 0 Å². The molecule has 0 unspecified atom stereocenters. The molecule has 0 atom stereocenters. The van der Waals surface area contributed by atoms with Crippen LogP contribution in [0.2, 0.25) is 0 Å². The quantitative estimate of drug-likeness (QED) is 0.811. The average molecular weight is 248 g/mol. The molecule has 0 aliphatic heterocycles. The molecule has 1 fully saturated rings. The van der Waals surface area contributed by atoms with Gasteiger partial charge in [-0.2, -0.15) is 0 Å². The van der Waals surface area contributed by atoms with Gasteiger partial charge in [-0.15, -0.1) is 0 Å². The molecule has 1 saturated carbocycles. The van der Waals surface area contributed by atoms with Crippen molar-refractivity contribution in [3.05, 3.63) is 18.1 Å². The Labute approximate surface area is 107 Å². The van der Waals surface area contributed by atoms with Crippen molar-refractivity contribution < 1.29 is 4.79 Å². The Morgan fingerprint density at radius 3 is 2.56 bits per heavy atom. The van der Waals surface area contributed by atoms with Gasteiger partial charge in [-0.25, -0.2) is 4.98 Å². The SMILES string of the molecule is CN(C(=O)c1cncc(N)n1)C1CCCCCC1. The Kier molecular flexibility index (Phi) is 4.12. The lowest BCUT2D eigenvalue weighted by atomic mass is 10.1. The van der Waals surface area contributed by atoms with E-state index in [1.165, 1.54) is 38.1 Å². The van der Waals surface area contributed by atoms with Crippen molar-refractivity contribution in [1.29, 1.82) is 0 Å². The minimum atomic E-state index is -0.0818. The number of nitrogen functional groups attached to an aromatic ring is 1. The van der Waals surface area contributed by atoms with Gasteiger partial charge in [0.05, 0.1) is 12.4 Å². The second kappa shape index (κ2) is 5.80. The average Bonchev–Trinajstić information content (AvgIpc) is 2.66. The summed E-state index contributed by atoms with van der Waals surface area (Å²) in [4.78, 5) is 22.0. The first-order chi connectivity index (χ1) is 8.68. The van der Waals surface area contributed by atoms with E-state index in [4.69, 9.17) is 5.73 Å². The molecule has 98 valence electrons. The number of hydrogen-bond acceptors (Lipinski definition) is 4. The van der Waals surface area contributed by atoms with Gasteiger partial charge in [0.1, 0.15) is 11.5 Å². The monoisotopic (exact) mass is 248 g/mol. The van der Waals surface area contributed by atoms with Crippen LogP contribution < -0.4 is 5.73 Å². The summed E-state index contributed by atoms with van der Waals surface area (Å²) in [5, 5.41) is 0. The molecule has 2 rings (SSSR count). The van der Waals surface area contributed by atoms with E-state index in [-0.39, 0.29) is 11.7 Å². The molecule has 0 spiro atoms. The third kappa shape index (κ3) is 2.97. The summed E-state index contributed by atoms with van der Waals surface area (Å²) in [6.07, 6.45) is 10.0. The number of carbonyl (C=O) groups excluding carboxylic acids is 1. The maximum Gasteiger partial charge on any atom is 0.274 e. The fraction of sp³-hybridized carbons (Fsp3) is 0.615. The van der Waals surface area contributed by atoms with Crippen molar-refractivity contribution in [2.45, 2.75) is 44.6 Å². The predicted octanol–water partition coefficient (Wildman–Crippen LogP) is 1.85. The molecule has 0 aromatic carbocycles. The summed E-state index contributed by atoms with van der Waals surface area (Å²) in [5.41, 5.74) is 5.89. The third-order valence-corrected chi connectivity index (χ3v) is 3.57. The van der Waals surface area contributed by atoms with Gasteiger partial charge in [0.2, 0.25) is 0 Å². The number of nitrogens with zero attached hydrogens (tertiary/aromatic N) is 3. The molecule has 1 aliphatic rings. The van der Waals surface area contributed by atoms with Crippen molar-refractivity contribution in [2.75, 3.05) is 12.8 Å². The van der Waals surface area contributed by atoms with Crippen molar-refractivity contribution in [3.8, 4) is 0 Å². The van der Waals surface area contributed by atoms with Crippen LogP contribution in [0.3, 0.4) is 0 Å². The molecule has 0 bridgehead atoms. The van der Waals surface area contributed by atoms with Crippen molar-refractivity contribution in [3.63, 3.8) is 0 Å². The summed E-state index contributed by atoms with van der Waals surface area (Å²) >= 11 is 0. The van der Waals surface area contributed by atoms with Gasteiger partial charge in [-0.05, 0) is 12.8 Å². The highest BCUT2D eigenvalue weighted by atomic mass is 16.2. The summed E-state index contributed by atoms with van der Waals surface area (Å²) in [6.45, 7) is 0. The number of nitrogens with two attached hydrogens (primary N) is 1. The van der Waals surface area contributed by atoms with Gasteiger partial charge in [-0.3, -0.25) is 9.78 Å². The number of aromatic nitrogens is 2. The molecule has 1 aliphatic carbocycles. The van der Waals surface area contributed by atoms with Crippen LogP contribution in [0.1, 0.15) is 49.0 Å². The zero-order valence-electron chi connectivity index (χ0n) is 10.8. The van der Waals surface area contributed by atoms with Crippen LogP contribution in [0.5, 0.6) is 0 Å². The summed E-state index contributed by atoms with van der Waals surface area (Å²) in [6, 6.07) is 0.322. The molecule has 0 saturated heterocycles. The van der Waals surface area contributed by atoms with Gasteiger partial charge < -0.3 is 10.6 Å². The van der Waals surface area contributed by atoms with Gasteiger partial charge >= 0.3 is 0 Å². The van der Waals surface area contributed by atoms with Crippen LogP contribution in [0.15, 0.2) is 12.4 Å². The molecule has 18 heavy (non-hydrogen) atoms. The van der Waals surface area contributed by atoms with Crippen LogP contribution in [-0.4, -0.2) is 33.9 Å². The van der Waals surface area contributed by atoms with Crippen LogP contribution in [0, 0.1) is 0 Å². The summed E-state index contributed by atoms with van der Waals surface area (Å²) < 4.78 is 0. The Balaban J connectivity index is 2.07. The van der Waals surface area contributed by atoms with Crippen LogP contribution in [-0.2, 0) is 0 Å². The van der Waals surface area contributed by atoms with Crippen molar-refractivity contribution in [2.24, 2.45) is 0 Å². The van der Waals surface area contributed by atoms with E-state index in [1.54, 1.807) is 4.90 Å². The predicted molar refractivity (Wildman–Crippen MR) is 70.0 cm³/mol. The Morgan fingerprint density at radius 1 is 1.28 bits per heavy atom. The molecular formula is C13H20N4O. The van der Waals surface area contributed by atoms with Crippen LogP contribution in [0.25, 0.3) is 0 Å². The highest BCUT2D eigenvalue weighted by Gasteiger charge is 2.23. The lowest BCUT2D eigenvalue weighted by Gasteiger charge is -2.26. The van der Waals surface area contributed by atoms with Gasteiger partial charge in [0, 0.05) is 13.1 Å². The molecule has 5 heteroatoms. The van der Waals surface area contributed by atoms with Crippen molar-refractivity contribution >= 4 is 11.7 Å². The molecule has 5 nitrogen and oxygen atoms in total. The fourth-order valence-corrected chi connectivity index (χ4v) is 2.48. The Morgan fingerprint density at radius 2 is 1.94 bits per heavy atom. The topological polar surface area (TPSA) is 72.1 Å². The smallest absolute Gasteiger partial charge is 0.274 e. The minimum absolute atomic E-state index is 0.0818. The molecule has 0 radical (unpaired) electrons. The number of rotatable bonds is 2. The first kappa shape index (κ1) is 12.8. The zero-order chi connectivity index (χ0) is 13.0. The third-order valence-electron chi connectivity index (χ3n) is 3.57. The Bertz CT molecular complexity index is 413. The second-order valence-corrected chi connectivity index (χ2v) is 4.89. The largest absolute Gasteiger partial charge is 0.382 e. The lowest BCUT2D eigenvalue weighted by Crippen LogP contribution is -2.37. The van der Waals surface area contributed by atoms with E-state index >= 15 is 0 Å². The molecular weight excluding hydrogens is 228 g/mol. The Hall–Kier alpha value is -1.65. The van der Waals surface area contributed by atoms with E-state index in [9.17, 15) is 4.79 Å². The summed E-state index contributed by atoms with van der Waals surface area (Å²) in [7, 11) is 1.85. The van der Waals surface area contributed by atoms with Crippen LogP contribution >= 0.6 is 0 Å². The first-order valence-corrected chi connectivity index (χ1v) is 6.53. The molecule has 1 aromatic rings. The molecule has 1 heterocycles. The van der Waals surface area contributed by atoms with E-state index in [0.29, 0.717) is 11.7 Å². The number of carbonyl (C=O) groups is 1.